The largest absolute Gasteiger partial charge is 0.472 e. The third kappa shape index (κ3) is 3.91. The van der Waals surface area contributed by atoms with Crippen molar-refractivity contribution >= 4 is 11.8 Å². The number of hydrogen-bond acceptors (Lipinski definition) is 3. The summed E-state index contributed by atoms with van der Waals surface area (Å²) in [5.41, 5.74) is 7.09. The average molecular weight is 251 g/mol. The highest BCUT2D eigenvalue weighted by Crippen LogP contribution is 2.20. The number of nitrogens with two attached hydrogens (primary N) is 1. The molecule has 1 aromatic carbocycles. The molecule has 17 heavy (non-hydrogen) atoms. The van der Waals surface area contributed by atoms with E-state index in [1.165, 1.54) is 12.1 Å². The SMILES string of the molecule is NC(CSc1cccc(F)c1)Cc1ccoc1. The maximum atomic E-state index is 12.9. The normalized spacial score (nSPS) is 12.6. The lowest BCUT2D eigenvalue weighted by atomic mass is 10.1. The van der Waals surface area contributed by atoms with E-state index in [0.29, 0.717) is 0 Å². The van der Waals surface area contributed by atoms with Gasteiger partial charge in [0.05, 0.1) is 12.5 Å². The first kappa shape index (κ1) is 12.2. The Morgan fingerprint density at radius 1 is 1.35 bits per heavy atom. The van der Waals surface area contributed by atoms with Gasteiger partial charge in [0.25, 0.3) is 0 Å². The van der Waals surface area contributed by atoms with Gasteiger partial charge in [-0.2, -0.15) is 0 Å². The molecule has 1 heterocycles. The van der Waals surface area contributed by atoms with Crippen LogP contribution < -0.4 is 5.73 Å². The van der Waals surface area contributed by atoms with E-state index in [1.807, 2.05) is 12.1 Å². The van der Waals surface area contributed by atoms with Crippen LogP contribution in [0.15, 0.2) is 52.2 Å². The van der Waals surface area contributed by atoms with Crippen molar-refractivity contribution in [1.29, 1.82) is 0 Å². The maximum Gasteiger partial charge on any atom is 0.124 e. The highest BCUT2D eigenvalue weighted by molar-refractivity contribution is 7.99. The van der Waals surface area contributed by atoms with E-state index in [-0.39, 0.29) is 11.9 Å². The molecule has 1 atom stereocenters. The third-order valence-corrected chi connectivity index (χ3v) is 3.52. The predicted octanol–water partition coefficient (Wildman–Crippen LogP) is 3.08. The van der Waals surface area contributed by atoms with Crippen molar-refractivity contribution in [1.82, 2.24) is 0 Å². The van der Waals surface area contributed by atoms with Crippen LogP contribution in [-0.4, -0.2) is 11.8 Å². The van der Waals surface area contributed by atoms with Crippen molar-refractivity contribution in [2.24, 2.45) is 5.73 Å². The van der Waals surface area contributed by atoms with Gasteiger partial charge in [-0.15, -0.1) is 11.8 Å². The summed E-state index contributed by atoms with van der Waals surface area (Å²) in [6, 6.07) is 8.51. The average Bonchev–Trinajstić information content (AvgIpc) is 2.79. The maximum absolute atomic E-state index is 12.9. The van der Waals surface area contributed by atoms with E-state index in [4.69, 9.17) is 10.2 Å². The van der Waals surface area contributed by atoms with Crippen LogP contribution in [0, 0.1) is 5.82 Å². The molecule has 1 aromatic heterocycles. The molecule has 2 aromatic rings. The van der Waals surface area contributed by atoms with Gasteiger partial charge in [-0.1, -0.05) is 6.07 Å². The summed E-state index contributed by atoms with van der Waals surface area (Å²) in [5, 5.41) is 0. The van der Waals surface area contributed by atoms with Crippen LogP contribution in [0.1, 0.15) is 5.56 Å². The first-order chi connectivity index (χ1) is 8.24. The lowest BCUT2D eigenvalue weighted by Gasteiger charge is -2.09. The minimum atomic E-state index is -0.210. The van der Waals surface area contributed by atoms with E-state index in [0.717, 1.165) is 22.6 Å². The van der Waals surface area contributed by atoms with Crippen LogP contribution in [0.3, 0.4) is 0 Å². The molecule has 0 radical (unpaired) electrons. The van der Waals surface area contributed by atoms with E-state index >= 15 is 0 Å². The molecule has 2 nitrogen and oxygen atoms in total. The Morgan fingerprint density at radius 3 is 2.94 bits per heavy atom. The minimum Gasteiger partial charge on any atom is -0.472 e. The first-order valence-electron chi connectivity index (χ1n) is 5.39. The molecule has 90 valence electrons. The smallest absolute Gasteiger partial charge is 0.124 e. The molecule has 0 aliphatic heterocycles. The molecule has 0 aliphatic carbocycles. The minimum absolute atomic E-state index is 0.0425. The van der Waals surface area contributed by atoms with E-state index in [2.05, 4.69) is 0 Å². The Hall–Kier alpha value is -1.26. The van der Waals surface area contributed by atoms with Crippen LogP contribution in [0.4, 0.5) is 4.39 Å². The third-order valence-electron chi connectivity index (χ3n) is 2.34. The molecule has 0 fully saturated rings. The standard InChI is InChI=1S/C13H14FNOS/c14-11-2-1-3-13(7-11)17-9-12(15)6-10-4-5-16-8-10/h1-5,7-8,12H,6,9,15H2. The molecule has 0 aliphatic rings. The van der Waals surface area contributed by atoms with Crippen molar-refractivity contribution in [2.75, 3.05) is 5.75 Å². The summed E-state index contributed by atoms with van der Waals surface area (Å²) < 4.78 is 17.9. The van der Waals surface area contributed by atoms with Crippen LogP contribution in [0.5, 0.6) is 0 Å². The van der Waals surface area contributed by atoms with Crippen molar-refractivity contribution in [3.05, 3.63) is 54.2 Å². The predicted molar refractivity (Wildman–Crippen MR) is 67.5 cm³/mol. The quantitative estimate of drug-likeness (QED) is 0.830. The second-order valence-corrected chi connectivity index (χ2v) is 4.96. The number of hydrogen-bond donors (Lipinski definition) is 1. The lowest BCUT2D eigenvalue weighted by Crippen LogP contribution is -2.25. The Labute approximate surface area is 104 Å². The summed E-state index contributed by atoms with van der Waals surface area (Å²) in [6.07, 6.45) is 4.12. The Bertz CT molecular complexity index is 458. The van der Waals surface area contributed by atoms with Crippen molar-refractivity contribution in [3.63, 3.8) is 0 Å². The highest BCUT2D eigenvalue weighted by Gasteiger charge is 2.06. The van der Waals surface area contributed by atoms with Crippen molar-refractivity contribution < 1.29 is 8.81 Å². The molecule has 0 saturated carbocycles. The molecule has 0 saturated heterocycles. The van der Waals surface area contributed by atoms with Crippen LogP contribution in [-0.2, 0) is 6.42 Å². The van der Waals surface area contributed by atoms with Crippen LogP contribution in [0.25, 0.3) is 0 Å². The monoisotopic (exact) mass is 251 g/mol. The van der Waals surface area contributed by atoms with Crippen LogP contribution in [0.2, 0.25) is 0 Å². The lowest BCUT2D eigenvalue weighted by molar-refractivity contribution is 0.562. The topological polar surface area (TPSA) is 39.2 Å². The Morgan fingerprint density at radius 2 is 2.24 bits per heavy atom. The van der Waals surface area contributed by atoms with E-state index < -0.39 is 0 Å². The van der Waals surface area contributed by atoms with Gasteiger partial charge >= 0.3 is 0 Å². The van der Waals surface area contributed by atoms with E-state index in [9.17, 15) is 4.39 Å². The molecule has 1 unspecified atom stereocenters. The zero-order chi connectivity index (χ0) is 12.1. The Kier molecular flexibility index (Phi) is 4.23. The fraction of sp³-hybridized carbons (Fsp3) is 0.231. The summed E-state index contributed by atoms with van der Waals surface area (Å²) >= 11 is 1.57. The molecular formula is C13H14FNOS. The molecule has 0 spiro atoms. The highest BCUT2D eigenvalue weighted by atomic mass is 32.2. The van der Waals surface area contributed by atoms with Gasteiger partial charge in [0.2, 0.25) is 0 Å². The Balaban J connectivity index is 1.82. The molecule has 2 rings (SSSR count). The first-order valence-corrected chi connectivity index (χ1v) is 6.37. The van der Waals surface area contributed by atoms with Gasteiger partial charge in [-0.3, -0.25) is 0 Å². The molecule has 0 bridgehead atoms. The number of rotatable bonds is 5. The number of benzene rings is 1. The summed E-state index contributed by atoms with van der Waals surface area (Å²) in [6.45, 7) is 0. The summed E-state index contributed by atoms with van der Waals surface area (Å²) in [4.78, 5) is 0.910. The zero-order valence-corrected chi connectivity index (χ0v) is 10.1. The van der Waals surface area contributed by atoms with E-state index in [1.54, 1.807) is 30.4 Å². The summed E-state index contributed by atoms with van der Waals surface area (Å²) in [5.74, 6) is 0.549. The molecule has 4 heteroatoms. The fourth-order valence-corrected chi connectivity index (χ4v) is 2.43. The van der Waals surface area contributed by atoms with Crippen molar-refractivity contribution in [3.8, 4) is 0 Å². The molecule has 2 N–H and O–H groups in total. The van der Waals surface area contributed by atoms with Crippen molar-refractivity contribution in [2.45, 2.75) is 17.4 Å². The second-order valence-electron chi connectivity index (χ2n) is 3.86. The number of halogens is 1. The second kappa shape index (κ2) is 5.89. The zero-order valence-electron chi connectivity index (χ0n) is 9.30. The number of thioether (sulfide) groups is 1. The molecule has 0 amide bonds. The molecular weight excluding hydrogens is 237 g/mol. The van der Waals surface area contributed by atoms with Gasteiger partial charge in [0.1, 0.15) is 5.82 Å². The van der Waals surface area contributed by atoms with Gasteiger partial charge in [0.15, 0.2) is 0 Å². The van der Waals surface area contributed by atoms with Crippen LogP contribution >= 0.6 is 11.8 Å². The number of furan rings is 1. The van der Waals surface area contributed by atoms with Gasteiger partial charge < -0.3 is 10.2 Å². The van der Waals surface area contributed by atoms with Gasteiger partial charge in [-0.25, -0.2) is 4.39 Å². The van der Waals surface area contributed by atoms with Gasteiger partial charge in [-0.05, 0) is 36.2 Å². The fourth-order valence-electron chi connectivity index (χ4n) is 1.53. The van der Waals surface area contributed by atoms with Gasteiger partial charge in [0, 0.05) is 16.7 Å². The summed E-state index contributed by atoms with van der Waals surface area (Å²) in [7, 11) is 0.